The van der Waals surface area contributed by atoms with E-state index in [-0.39, 0.29) is 61.8 Å². The van der Waals surface area contributed by atoms with Gasteiger partial charge in [0.25, 0.3) is 5.91 Å². The van der Waals surface area contributed by atoms with Crippen LogP contribution in [0.1, 0.15) is 53.0 Å². The Kier molecular flexibility index (Phi) is 8.14. The van der Waals surface area contributed by atoms with Crippen LogP contribution in [0, 0.1) is 17.8 Å². The SMILES string of the molecule is O=C(NC[C@H]1C[C@@H](NC(=O)[C@@H]2C[C@H](F)CN2)CN1C(=O)C1CC1)c1ncc(C#Cc2ccc(CO)cc2)cn1. The molecular formula is C28H31FN6O4. The number of aromatic nitrogens is 2. The summed E-state index contributed by atoms with van der Waals surface area (Å²) in [5.74, 6) is 5.24. The van der Waals surface area contributed by atoms with Crippen LogP contribution < -0.4 is 16.0 Å². The van der Waals surface area contributed by atoms with E-state index in [1.807, 2.05) is 12.1 Å². The van der Waals surface area contributed by atoms with E-state index in [0.717, 1.165) is 24.0 Å². The molecule has 2 aliphatic heterocycles. The Morgan fingerprint density at radius 2 is 1.79 bits per heavy atom. The number of nitrogens with one attached hydrogen (secondary N) is 3. The summed E-state index contributed by atoms with van der Waals surface area (Å²) < 4.78 is 13.5. The molecule has 0 bridgehead atoms. The van der Waals surface area contributed by atoms with Crippen molar-refractivity contribution in [1.82, 2.24) is 30.8 Å². The summed E-state index contributed by atoms with van der Waals surface area (Å²) in [6, 6.07) is 6.09. The van der Waals surface area contributed by atoms with Crippen LogP contribution in [0.5, 0.6) is 0 Å². The molecule has 0 spiro atoms. The topological polar surface area (TPSA) is 137 Å². The molecule has 3 amide bonds. The summed E-state index contributed by atoms with van der Waals surface area (Å²) in [7, 11) is 0. The van der Waals surface area contributed by atoms with Crippen LogP contribution in [-0.4, -0.2) is 81.6 Å². The second-order valence-corrected chi connectivity index (χ2v) is 10.3. The smallest absolute Gasteiger partial charge is 0.289 e. The number of carbonyl (C=O) groups excluding carboxylic acids is 3. The van der Waals surface area contributed by atoms with Crippen molar-refractivity contribution in [3.05, 3.63) is 59.2 Å². The van der Waals surface area contributed by atoms with Gasteiger partial charge in [0.2, 0.25) is 17.6 Å². The lowest BCUT2D eigenvalue weighted by atomic mass is 10.1. The summed E-state index contributed by atoms with van der Waals surface area (Å²) in [4.78, 5) is 48.2. The first kappa shape index (κ1) is 26.7. The average Bonchev–Trinajstić information content (AvgIpc) is 3.59. The molecule has 204 valence electrons. The number of alkyl halides is 1. The van der Waals surface area contributed by atoms with Crippen LogP contribution in [-0.2, 0) is 16.2 Å². The number of hydrogen-bond donors (Lipinski definition) is 4. The highest BCUT2D eigenvalue weighted by Crippen LogP contribution is 2.33. The molecule has 2 saturated heterocycles. The standard InChI is InChI=1S/C28H31FN6O4/c29-21-9-24(30-13-21)26(37)34-22-10-23(35(15-22)28(39)20-7-8-20)14-33-27(38)25-31-11-19(12-32-25)6-3-17-1-4-18(16-36)5-2-17/h1-2,4-5,11-12,20-24,30,36H,7-10,13-16H2,(H,33,38)(H,34,37)/t21-,22+,23+,24-/m0/s1. The van der Waals surface area contributed by atoms with Crippen LogP contribution in [0.15, 0.2) is 36.7 Å². The number of carbonyl (C=O) groups is 3. The number of benzene rings is 1. The van der Waals surface area contributed by atoms with Gasteiger partial charge in [-0.2, -0.15) is 0 Å². The van der Waals surface area contributed by atoms with E-state index in [1.54, 1.807) is 17.0 Å². The Morgan fingerprint density at radius 1 is 1.08 bits per heavy atom. The molecule has 10 nitrogen and oxygen atoms in total. The summed E-state index contributed by atoms with van der Waals surface area (Å²) in [6.45, 7) is 0.698. The Morgan fingerprint density at radius 3 is 2.44 bits per heavy atom. The molecule has 39 heavy (non-hydrogen) atoms. The zero-order valence-electron chi connectivity index (χ0n) is 21.4. The molecule has 3 fully saturated rings. The molecule has 0 radical (unpaired) electrons. The van der Waals surface area contributed by atoms with Gasteiger partial charge in [-0.25, -0.2) is 14.4 Å². The number of aliphatic hydroxyl groups excluding tert-OH is 1. The largest absolute Gasteiger partial charge is 0.392 e. The molecule has 1 aliphatic carbocycles. The zero-order chi connectivity index (χ0) is 27.4. The van der Waals surface area contributed by atoms with E-state index in [0.29, 0.717) is 18.5 Å². The summed E-state index contributed by atoms with van der Waals surface area (Å²) >= 11 is 0. The molecule has 5 rings (SSSR count). The first-order valence-electron chi connectivity index (χ1n) is 13.2. The minimum absolute atomic E-state index is 0.00560. The Hall–Kier alpha value is -3.88. The van der Waals surface area contributed by atoms with Crippen molar-refractivity contribution in [2.75, 3.05) is 19.6 Å². The molecule has 4 atom stereocenters. The van der Waals surface area contributed by atoms with E-state index in [9.17, 15) is 18.8 Å². The van der Waals surface area contributed by atoms with E-state index in [2.05, 4.69) is 37.8 Å². The van der Waals surface area contributed by atoms with Crippen molar-refractivity contribution in [3.8, 4) is 11.8 Å². The lowest BCUT2D eigenvalue weighted by Gasteiger charge is -2.24. The maximum Gasteiger partial charge on any atom is 0.289 e. The third-order valence-corrected chi connectivity index (χ3v) is 7.21. The Labute approximate surface area is 225 Å². The second-order valence-electron chi connectivity index (χ2n) is 10.3. The highest BCUT2D eigenvalue weighted by Gasteiger charge is 2.42. The number of nitrogens with zero attached hydrogens (tertiary/aromatic N) is 3. The summed E-state index contributed by atoms with van der Waals surface area (Å²) in [6.07, 6.45) is 4.25. The minimum atomic E-state index is -1.03. The molecule has 3 heterocycles. The predicted octanol–water partition coefficient (Wildman–Crippen LogP) is 0.294. The van der Waals surface area contributed by atoms with Gasteiger partial charge in [-0.3, -0.25) is 14.4 Å². The quantitative estimate of drug-likeness (QED) is 0.375. The van der Waals surface area contributed by atoms with Crippen molar-refractivity contribution in [3.63, 3.8) is 0 Å². The van der Waals surface area contributed by atoms with Crippen LogP contribution in [0.25, 0.3) is 0 Å². The van der Waals surface area contributed by atoms with Crippen LogP contribution in [0.4, 0.5) is 4.39 Å². The fourth-order valence-corrected chi connectivity index (χ4v) is 4.88. The zero-order valence-corrected chi connectivity index (χ0v) is 21.4. The van der Waals surface area contributed by atoms with E-state index < -0.39 is 18.1 Å². The molecule has 1 saturated carbocycles. The number of amides is 3. The number of rotatable bonds is 7. The van der Waals surface area contributed by atoms with Gasteiger partial charge in [0.1, 0.15) is 6.17 Å². The van der Waals surface area contributed by atoms with Crippen molar-refractivity contribution in [2.45, 2.75) is 56.6 Å². The van der Waals surface area contributed by atoms with Crippen molar-refractivity contribution >= 4 is 17.7 Å². The molecule has 3 aliphatic rings. The van der Waals surface area contributed by atoms with E-state index in [1.165, 1.54) is 12.4 Å². The monoisotopic (exact) mass is 534 g/mol. The first-order chi connectivity index (χ1) is 18.9. The highest BCUT2D eigenvalue weighted by molar-refractivity contribution is 5.90. The van der Waals surface area contributed by atoms with Crippen LogP contribution >= 0.6 is 0 Å². The van der Waals surface area contributed by atoms with Crippen molar-refractivity contribution < 1.29 is 23.9 Å². The minimum Gasteiger partial charge on any atom is -0.392 e. The molecular weight excluding hydrogens is 503 g/mol. The predicted molar refractivity (Wildman–Crippen MR) is 139 cm³/mol. The molecule has 0 unspecified atom stereocenters. The van der Waals surface area contributed by atoms with Gasteiger partial charge in [0, 0.05) is 56.0 Å². The lowest BCUT2D eigenvalue weighted by Crippen LogP contribution is -2.46. The van der Waals surface area contributed by atoms with Gasteiger partial charge in [-0.05, 0) is 37.0 Å². The Bertz CT molecular complexity index is 1270. The second kappa shape index (κ2) is 11.9. The fourth-order valence-electron chi connectivity index (χ4n) is 4.88. The summed E-state index contributed by atoms with van der Waals surface area (Å²) in [5, 5.41) is 17.8. The lowest BCUT2D eigenvalue weighted by molar-refractivity contribution is -0.133. The third-order valence-electron chi connectivity index (χ3n) is 7.21. The number of likely N-dealkylation sites (tertiary alicyclic amines) is 1. The number of halogens is 1. The summed E-state index contributed by atoms with van der Waals surface area (Å²) in [5.41, 5.74) is 2.12. The molecule has 11 heteroatoms. The van der Waals surface area contributed by atoms with E-state index in [4.69, 9.17) is 5.11 Å². The van der Waals surface area contributed by atoms with E-state index >= 15 is 0 Å². The molecule has 2 aromatic rings. The molecule has 1 aromatic carbocycles. The van der Waals surface area contributed by atoms with Crippen molar-refractivity contribution in [1.29, 1.82) is 0 Å². The number of hydrogen-bond acceptors (Lipinski definition) is 7. The Balaban J connectivity index is 1.16. The van der Waals surface area contributed by atoms with Gasteiger partial charge in [-0.1, -0.05) is 24.0 Å². The first-order valence-corrected chi connectivity index (χ1v) is 13.2. The van der Waals surface area contributed by atoms with Crippen LogP contribution in [0.2, 0.25) is 0 Å². The van der Waals surface area contributed by atoms with Gasteiger partial charge < -0.3 is 26.0 Å². The number of aliphatic hydroxyl groups is 1. The van der Waals surface area contributed by atoms with Crippen LogP contribution in [0.3, 0.4) is 0 Å². The normalized spacial score (nSPS) is 24.1. The van der Waals surface area contributed by atoms with Gasteiger partial charge in [0.15, 0.2) is 0 Å². The van der Waals surface area contributed by atoms with Gasteiger partial charge in [-0.15, -0.1) is 0 Å². The molecule has 1 aromatic heterocycles. The average molecular weight is 535 g/mol. The molecule has 4 N–H and O–H groups in total. The van der Waals surface area contributed by atoms with Crippen molar-refractivity contribution in [2.24, 2.45) is 5.92 Å². The maximum atomic E-state index is 13.5. The third kappa shape index (κ3) is 6.77. The fraction of sp³-hybridized carbons (Fsp3) is 0.464. The maximum absolute atomic E-state index is 13.5. The van der Waals surface area contributed by atoms with Gasteiger partial charge in [0.05, 0.1) is 24.3 Å². The van der Waals surface area contributed by atoms with Gasteiger partial charge >= 0.3 is 0 Å². The highest BCUT2D eigenvalue weighted by atomic mass is 19.1.